The maximum absolute atomic E-state index is 12.7. The van der Waals surface area contributed by atoms with Crippen molar-refractivity contribution in [2.75, 3.05) is 19.3 Å². The van der Waals surface area contributed by atoms with Crippen LogP contribution in [0.4, 0.5) is 0 Å². The molecule has 8 heteroatoms. The number of sulfonamides is 1. The molecule has 0 fully saturated rings. The van der Waals surface area contributed by atoms with Gasteiger partial charge in [-0.05, 0) is 25.7 Å². The highest BCUT2D eigenvalue weighted by Gasteiger charge is 2.28. The summed E-state index contributed by atoms with van der Waals surface area (Å²) in [6, 6.07) is -0.129. The summed E-state index contributed by atoms with van der Waals surface area (Å²) in [5.74, 6) is 0.111. The molecule has 0 spiro atoms. The first-order valence-electron chi connectivity index (χ1n) is 8.33. The number of hydrogen-bond acceptors (Lipinski definition) is 4. The van der Waals surface area contributed by atoms with Crippen LogP contribution in [-0.4, -0.2) is 48.1 Å². The molecule has 2 heterocycles. The summed E-state index contributed by atoms with van der Waals surface area (Å²) in [5, 5.41) is 0. The van der Waals surface area contributed by atoms with Crippen LogP contribution >= 0.6 is 0 Å². The molecule has 0 aromatic carbocycles. The van der Waals surface area contributed by atoms with Gasteiger partial charge in [-0.1, -0.05) is 11.6 Å². The molecule has 0 saturated heterocycles. The number of amides is 1. The maximum Gasteiger partial charge on any atom is 0.227 e. The molecular formula is C16H24N4O3S. The van der Waals surface area contributed by atoms with Crippen molar-refractivity contribution in [1.82, 2.24) is 19.2 Å². The van der Waals surface area contributed by atoms with E-state index in [4.69, 9.17) is 0 Å². The minimum Gasteiger partial charge on any atom is -0.334 e. The number of carbonyl (C=O) groups excluding carboxylic acids is 1. The number of nitrogens with zero attached hydrogens (tertiary/aromatic N) is 3. The molecule has 2 aliphatic rings. The number of imidazole rings is 1. The van der Waals surface area contributed by atoms with Crippen molar-refractivity contribution in [3.63, 3.8) is 0 Å². The predicted molar refractivity (Wildman–Crippen MR) is 90.7 cm³/mol. The number of carbonyl (C=O) groups is 1. The number of hydrogen-bond donors (Lipinski definition) is 1. The second kappa shape index (κ2) is 7.06. The lowest BCUT2D eigenvalue weighted by Gasteiger charge is -2.35. The first-order chi connectivity index (χ1) is 11.4. The molecule has 1 N–H and O–H groups in total. The molecule has 1 aliphatic heterocycles. The molecule has 7 nitrogen and oxygen atoms in total. The van der Waals surface area contributed by atoms with Crippen LogP contribution < -0.4 is 4.72 Å². The van der Waals surface area contributed by atoms with E-state index in [1.165, 1.54) is 12.0 Å². The van der Waals surface area contributed by atoms with Crippen LogP contribution in [-0.2, 0) is 21.4 Å². The van der Waals surface area contributed by atoms with Crippen molar-refractivity contribution >= 4 is 15.9 Å². The van der Waals surface area contributed by atoms with Gasteiger partial charge < -0.3 is 9.47 Å². The average molecular weight is 352 g/mol. The van der Waals surface area contributed by atoms with Gasteiger partial charge in [-0.3, -0.25) is 4.79 Å². The quantitative estimate of drug-likeness (QED) is 0.807. The van der Waals surface area contributed by atoms with Gasteiger partial charge in [0, 0.05) is 25.7 Å². The van der Waals surface area contributed by atoms with E-state index in [0.29, 0.717) is 19.5 Å². The van der Waals surface area contributed by atoms with Gasteiger partial charge in [0.15, 0.2) is 0 Å². The fourth-order valence-electron chi connectivity index (χ4n) is 3.36. The van der Waals surface area contributed by atoms with Crippen LogP contribution in [0.25, 0.3) is 0 Å². The normalized spacial score (nSPS) is 21.3. The van der Waals surface area contributed by atoms with Gasteiger partial charge in [-0.25, -0.2) is 18.1 Å². The minimum atomic E-state index is -3.27. The molecule has 132 valence electrons. The summed E-state index contributed by atoms with van der Waals surface area (Å²) >= 11 is 0. The lowest BCUT2D eigenvalue weighted by Crippen LogP contribution is -2.44. The van der Waals surface area contributed by atoms with Crippen molar-refractivity contribution in [3.05, 3.63) is 29.9 Å². The number of aromatic nitrogens is 2. The highest BCUT2D eigenvalue weighted by atomic mass is 32.2. The average Bonchev–Trinajstić information content (AvgIpc) is 3.01. The van der Waals surface area contributed by atoms with E-state index in [1.54, 1.807) is 12.5 Å². The molecule has 0 bridgehead atoms. The molecule has 3 rings (SSSR count). The highest BCUT2D eigenvalue weighted by Crippen LogP contribution is 2.25. The Hall–Kier alpha value is -1.67. The SMILES string of the molecule is CS(=O)(=O)NCC1CN(C(=O)CC2=CCCCC2)Cc2cncn21. The third-order valence-electron chi connectivity index (χ3n) is 4.62. The summed E-state index contributed by atoms with van der Waals surface area (Å²) in [6.07, 6.45) is 11.7. The summed E-state index contributed by atoms with van der Waals surface area (Å²) in [4.78, 5) is 18.6. The molecular weight excluding hydrogens is 328 g/mol. The molecule has 1 aromatic rings. The molecule has 1 aliphatic carbocycles. The van der Waals surface area contributed by atoms with E-state index in [2.05, 4.69) is 15.8 Å². The van der Waals surface area contributed by atoms with Gasteiger partial charge in [0.1, 0.15) is 0 Å². The Morgan fingerprint density at radius 1 is 1.42 bits per heavy atom. The molecule has 0 radical (unpaired) electrons. The van der Waals surface area contributed by atoms with Crippen LogP contribution in [0.1, 0.15) is 43.8 Å². The summed E-state index contributed by atoms with van der Waals surface area (Å²) in [6.45, 7) is 1.29. The van der Waals surface area contributed by atoms with E-state index in [-0.39, 0.29) is 18.5 Å². The third kappa shape index (κ3) is 4.24. The topological polar surface area (TPSA) is 84.3 Å². The van der Waals surface area contributed by atoms with E-state index in [9.17, 15) is 13.2 Å². The first-order valence-corrected chi connectivity index (χ1v) is 10.2. The van der Waals surface area contributed by atoms with Gasteiger partial charge in [0.2, 0.25) is 15.9 Å². The number of nitrogens with one attached hydrogen (secondary N) is 1. The van der Waals surface area contributed by atoms with Gasteiger partial charge in [-0.15, -0.1) is 0 Å². The number of allylic oxidation sites excluding steroid dienone is 1. The van der Waals surface area contributed by atoms with Crippen LogP contribution in [0.15, 0.2) is 24.2 Å². The zero-order valence-corrected chi connectivity index (χ0v) is 14.8. The summed E-state index contributed by atoms with van der Waals surface area (Å²) < 4.78 is 27.3. The zero-order valence-electron chi connectivity index (χ0n) is 13.9. The maximum atomic E-state index is 12.7. The van der Waals surface area contributed by atoms with Gasteiger partial charge in [-0.2, -0.15) is 0 Å². The number of fused-ring (bicyclic) bond motifs is 1. The summed E-state index contributed by atoms with van der Waals surface area (Å²) in [7, 11) is -3.27. The molecule has 24 heavy (non-hydrogen) atoms. The highest BCUT2D eigenvalue weighted by molar-refractivity contribution is 7.88. The van der Waals surface area contributed by atoms with Crippen LogP contribution in [0.5, 0.6) is 0 Å². The lowest BCUT2D eigenvalue weighted by molar-refractivity contribution is -0.132. The van der Waals surface area contributed by atoms with E-state index in [1.807, 2.05) is 9.47 Å². The Morgan fingerprint density at radius 2 is 2.25 bits per heavy atom. The molecule has 1 aromatic heterocycles. The fraction of sp³-hybridized carbons (Fsp3) is 0.625. The fourth-order valence-corrected chi connectivity index (χ4v) is 3.85. The van der Waals surface area contributed by atoms with Gasteiger partial charge in [0.25, 0.3) is 0 Å². The van der Waals surface area contributed by atoms with E-state index >= 15 is 0 Å². The van der Waals surface area contributed by atoms with Gasteiger partial charge in [0.05, 0.1) is 30.9 Å². The second-order valence-corrected chi connectivity index (χ2v) is 8.46. The largest absolute Gasteiger partial charge is 0.334 e. The summed E-state index contributed by atoms with van der Waals surface area (Å²) in [5.41, 5.74) is 2.17. The van der Waals surface area contributed by atoms with Crippen molar-refractivity contribution in [2.24, 2.45) is 0 Å². The van der Waals surface area contributed by atoms with Crippen LogP contribution in [0, 0.1) is 0 Å². The Bertz CT molecular complexity index is 738. The minimum absolute atomic E-state index is 0.111. The van der Waals surface area contributed by atoms with Crippen LogP contribution in [0.3, 0.4) is 0 Å². The van der Waals surface area contributed by atoms with Crippen molar-refractivity contribution in [1.29, 1.82) is 0 Å². The van der Waals surface area contributed by atoms with Crippen molar-refractivity contribution in [3.8, 4) is 0 Å². The first kappa shape index (κ1) is 17.2. The van der Waals surface area contributed by atoms with Gasteiger partial charge >= 0.3 is 0 Å². The predicted octanol–water partition coefficient (Wildman–Crippen LogP) is 1.21. The Kier molecular flexibility index (Phi) is 5.05. The molecule has 1 atom stereocenters. The number of rotatable bonds is 5. The standard InChI is InChI=1S/C16H24N4O3S/c1-24(22,23)18-9-15-11-19(10-14-8-17-12-20(14)15)16(21)7-13-5-3-2-4-6-13/h5,8,12,15,18H,2-4,6-7,9-11H2,1H3. The Labute approximate surface area is 142 Å². The second-order valence-electron chi connectivity index (χ2n) is 6.63. The smallest absolute Gasteiger partial charge is 0.227 e. The monoisotopic (exact) mass is 352 g/mol. The lowest BCUT2D eigenvalue weighted by atomic mass is 9.96. The Balaban J connectivity index is 1.69. The zero-order chi connectivity index (χ0) is 17.2. The van der Waals surface area contributed by atoms with Crippen molar-refractivity contribution < 1.29 is 13.2 Å². The Morgan fingerprint density at radius 3 is 2.96 bits per heavy atom. The van der Waals surface area contributed by atoms with Crippen molar-refractivity contribution in [2.45, 2.75) is 44.7 Å². The van der Waals surface area contributed by atoms with Crippen LogP contribution in [0.2, 0.25) is 0 Å². The molecule has 1 amide bonds. The third-order valence-corrected chi connectivity index (χ3v) is 5.31. The van der Waals surface area contributed by atoms with E-state index < -0.39 is 10.0 Å². The molecule has 1 unspecified atom stereocenters. The van der Waals surface area contributed by atoms with E-state index in [0.717, 1.165) is 31.2 Å². The molecule has 0 saturated carbocycles.